The van der Waals surface area contributed by atoms with Crippen LogP contribution in [0.3, 0.4) is 0 Å². The molecule has 0 saturated carbocycles. The highest BCUT2D eigenvalue weighted by atomic mass is 16.2. The summed E-state index contributed by atoms with van der Waals surface area (Å²) in [4.78, 5) is 17.7. The van der Waals surface area contributed by atoms with Gasteiger partial charge in [-0.15, -0.1) is 0 Å². The van der Waals surface area contributed by atoms with Crippen molar-refractivity contribution in [3.8, 4) is 0 Å². The lowest BCUT2D eigenvalue weighted by Gasteiger charge is -2.34. The molecule has 98 valence electrons. The smallest absolute Gasteiger partial charge is 0.321 e. The van der Waals surface area contributed by atoms with Gasteiger partial charge in [0, 0.05) is 19.4 Å². The Morgan fingerprint density at radius 1 is 1.42 bits per heavy atom. The molecule has 3 rings (SSSR count). The summed E-state index contributed by atoms with van der Waals surface area (Å²) >= 11 is 0. The normalized spacial score (nSPS) is 18.2. The van der Waals surface area contributed by atoms with Gasteiger partial charge in [-0.05, 0) is 30.5 Å². The maximum absolute atomic E-state index is 11.8. The molecule has 0 bridgehead atoms. The fraction of sp³-hybridized carbons (Fsp3) is 0.308. The molecule has 0 radical (unpaired) electrons. The first kappa shape index (κ1) is 11.7. The number of aromatic nitrogens is 3. The van der Waals surface area contributed by atoms with Gasteiger partial charge in [0.05, 0.1) is 11.7 Å². The van der Waals surface area contributed by atoms with Gasteiger partial charge < -0.3 is 5.73 Å². The van der Waals surface area contributed by atoms with Crippen LogP contribution in [0, 0.1) is 0 Å². The zero-order chi connectivity index (χ0) is 13.4. The number of fused-ring (bicyclic) bond motifs is 1. The van der Waals surface area contributed by atoms with Gasteiger partial charge in [0.25, 0.3) is 0 Å². The van der Waals surface area contributed by atoms with Crippen LogP contribution in [0.4, 0.5) is 10.6 Å². The summed E-state index contributed by atoms with van der Waals surface area (Å²) in [7, 11) is 1.86. The van der Waals surface area contributed by atoms with Crippen molar-refractivity contribution in [2.24, 2.45) is 12.8 Å². The summed E-state index contributed by atoms with van der Waals surface area (Å²) in [5.41, 5.74) is 7.57. The molecule has 2 N–H and O–H groups in total. The highest BCUT2D eigenvalue weighted by molar-refractivity contribution is 5.91. The monoisotopic (exact) mass is 257 g/mol. The van der Waals surface area contributed by atoms with Crippen LogP contribution in [0.5, 0.6) is 0 Å². The van der Waals surface area contributed by atoms with E-state index in [1.165, 1.54) is 0 Å². The van der Waals surface area contributed by atoms with E-state index in [9.17, 15) is 4.79 Å². The summed E-state index contributed by atoms with van der Waals surface area (Å²) in [6.45, 7) is 0. The molecule has 2 aromatic rings. The molecule has 0 saturated heterocycles. The van der Waals surface area contributed by atoms with Crippen molar-refractivity contribution in [2.75, 3.05) is 4.90 Å². The average molecular weight is 257 g/mol. The molecule has 3 heterocycles. The minimum atomic E-state index is -0.481. The molecule has 6 nitrogen and oxygen atoms in total. The number of urea groups is 1. The first-order valence-electron chi connectivity index (χ1n) is 6.19. The lowest BCUT2D eigenvalue weighted by Crippen LogP contribution is -2.43. The van der Waals surface area contributed by atoms with Crippen molar-refractivity contribution >= 4 is 11.8 Å². The van der Waals surface area contributed by atoms with E-state index in [4.69, 9.17) is 5.73 Å². The second kappa shape index (κ2) is 4.38. The lowest BCUT2D eigenvalue weighted by molar-refractivity contribution is 0.250. The van der Waals surface area contributed by atoms with Crippen LogP contribution < -0.4 is 10.6 Å². The highest BCUT2D eigenvalue weighted by Gasteiger charge is 2.33. The molecule has 2 aromatic heterocycles. The molecule has 0 spiro atoms. The Labute approximate surface area is 110 Å². The number of pyridine rings is 1. The minimum absolute atomic E-state index is 0.104. The van der Waals surface area contributed by atoms with Crippen molar-refractivity contribution in [3.63, 3.8) is 0 Å². The summed E-state index contributed by atoms with van der Waals surface area (Å²) < 4.78 is 1.77. The number of primary amides is 1. The zero-order valence-corrected chi connectivity index (χ0v) is 10.7. The van der Waals surface area contributed by atoms with Gasteiger partial charge >= 0.3 is 6.03 Å². The van der Waals surface area contributed by atoms with Crippen molar-refractivity contribution in [3.05, 3.63) is 41.9 Å². The van der Waals surface area contributed by atoms with Gasteiger partial charge in [0.15, 0.2) is 0 Å². The van der Waals surface area contributed by atoms with E-state index in [0.717, 1.165) is 24.1 Å². The van der Waals surface area contributed by atoms with E-state index in [1.807, 2.05) is 25.2 Å². The predicted molar refractivity (Wildman–Crippen MR) is 70.6 cm³/mol. The van der Waals surface area contributed by atoms with E-state index in [-0.39, 0.29) is 6.04 Å². The van der Waals surface area contributed by atoms with Crippen LogP contribution in [0.25, 0.3) is 0 Å². The fourth-order valence-corrected chi connectivity index (χ4v) is 2.66. The Bertz CT molecular complexity index is 621. The number of carbonyl (C=O) groups excluding carboxylic acids is 1. The van der Waals surface area contributed by atoms with Gasteiger partial charge in [-0.1, -0.05) is 6.07 Å². The lowest BCUT2D eigenvalue weighted by atomic mass is 9.96. The summed E-state index contributed by atoms with van der Waals surface area (Å²) in [6, 6.07) is 5.19. The summed E-state index contributed by atoms with van der Waals surface area (Å²) in [6.07, 6.45) is 5.10. The third-order valence-electron chi connectivity index (χ3n) is 3.53. The Hall–Kier alpha value is -2.37. The predicted octanol–water partition coefficient (Wildman–Crippen LogP) is 1.39. The first-order chi connectivity index (χ1) is 9.18. The Balaban J connectivity index is 2.09. The van der Waals surface area contributed by atoms with Crippen molar-refractivity contribution in [2.45, 2.75) is 18.9 Å². The Kier molecular flexibility index (Phi) is 2.70. The number of amides is 2. The largest absolute Gasteiger partial charge is 0.351 e. The van der Waals surface area contributed by atoms with Crippen molar-refractivity contribution < 1.29 is 4.79 Å². The number of hydrogen-bond acceptors (Lipinski definition) is 3. The summed E-state index contributed by atoms with van der Waals surface area (Å²) in [5, 5.41) is 4.16. The van der Waals surface area contributed by atoms with E-state index in [1.54, 1.807) is 22.0 Å². The second-order valence-corrected chi connectivity index (χ2v) is 4.63. The van der Waals surface area contributed by atoms with Crippen molar-refractivity contribution in [1.29, 1.82) is 0 Å². The molecule has 0 aromatic carbocycles. The number of carbonyl (C=O) groups is 1. The van der Waals surface area contributed by atoms with Gasteiger partial charge in [0.2, 0.25) is 0 Å². The third-order valence-corrected chi connectivity index (χ3v) is 3.53. The standard InChI is InChI=1S/C13H15N5O/c1-17-10(6-8-16-17)11-5-4-9-3-2-7-15-12(9)18(11)13(14)19/h2-3,6-8,11H,4-5H2,1H3,(H2,14,19). The molecule has 19 heavy (non-hydrogen) atoms. The average Bonchev–Trinajstić information content (AvgIpc) is 2.83. The molecule has 2 amide bonds. The molecule has 0 aliphatic carbocycles. The van der Waals surface area contributed by atoms with Crippen LogP contribution >= 0.6 is 0 Å². The number of nitrogens with two attached hydrogens (primary N) is 1. The number of anilines is 1. The number of hydrogen-bond donors (Lipinski definition) is 1. The third kappa shape index (κ3) is 1.85. The summed E-state index contributed by atoms with van der Waals surface area (Å²) in [5.74, 6) is 0.660. The molecular weight excluding hydrogens is 242 g/mol. The Morgan fingerprint density at radius 2 is 2.26 bits per heavy atom. The minimum Gasteiger partial charge on any atom is -0.351 e. The maximum atomic E-state index is 11.8. The van der Waals surface area contributed by atoms with Crippen LogP contribution in [-0.4, -0.2) is 20.8 Å². The second-order valence-electron chi connectivity index (χ2n) is 4.63. The quantitative estimate of drug-likeness (QED) is 0.838. The first-order valence-corrected chi connectivity index (χ1v) is 6.19. The van der Waals surface area contributed by atoms with E-state index >= 15 is 0 Å². The Morgan fingerprint density at radius 3 is 2.95 bits per heavy atom. The van der Waals surface area contributed by atoms with Gasteiger partial charge in [-0.25, -0.2) is 9.78 Å². The molecule has 1 aliphatic heterocycles. The van der Waals surface area contributed by atoms with Crippen molar-refractivity contribution in [1.82, 2.24) is 14.8 Å². The van der Waals surface area contributed by atoms with E-state index in [0.29, 0.717) is 5.82 Å². The topological polar surface area (TPSA) is 77.0 Å². The van der Waals surface area contributed by atoms with Crippen LogP contribution in [-0.2, 0) is 13.5 Å². The number of rotatable bonds is 1. The van der Waals surface area contributed by atoms with Gasteiger partial charge in [0.1, 0.15) is 5.82 Å². The molecule has 1 unspecified atom stereocenters. The maximum Gasteiger partial charge on any atom is 0.321 e. The molecule has 1 aliphatic rings. The number of aryl methyl sites for hydroxylation is 2. The molecule has 6 heteroatoms. The van der Waals surface area contributed by atoms with Crippen LogP contribution in [0.1, 0.15) is 23.7 Å². The van der Waals surface area contributed by atoms with Gasteiger partial charge in [-0.2, -0.15) is 5.10 Å². The fourth-order valence-electron chi connectivity index (χ4n) is 2.66. The zero-order valence-electron chi connectivity index (χ0n) is 10.7. The van der Waals surface area contributed by atoms with Crippen LogP contribution in [0.15, 0.2) is 30.6 Å². The molecule has 1 atom stereocenters. The SMILES string of the molecule is Cn1nccc1C1CCc2cccnc2N1C(N)=O. The number of nitrogens with zero attached hydrogens (tertiary/aromatic N) is 4. The molecule has 0 fully saturated rings. The van der Waals surface area contributed by atoms with E-state index < -0.39 is 6.03 Å². The molecular formula is C13H15N5O. The van der Waals surface area contributed by atoms with Gasteiger partial charge in [-0.3, -0.25) is 9.58 Å². The highest BCUT2D eigenvalue weighted by Crippen LogP contribution is 2.36. The van der Waals surface area contributed by atoms with Crippen LogP contribution in [0.2, 0.25) is 0 Å². The van der Waals surface area contributed by atoms with E-state index in [2.05, 4.69) is 10.1 Å².